The minimum Gasteiger partial charge on any atom is -0.426 e. The second-order valence-corrected chi connectivity index (χ2v) is 6.24. The highest BCUT2D eigenvalue weighted by molar-refractivity contribution is 14.1. The summed E-state index contributed by atoms with van der Waals surface area (Å²) >= 11 is 2.26. The van der Waals surface area contributed by atoms with Crippen molar-refractivity contribution in [3.8, 4) is 5.75 Å². The third-order valence-electron chi connectivity index (χ3n) is 3.06. The van der Waals surface area contributed by atoms with E-state index < -0.39 is 5.41 Å². The van der Waals surface area contributed by atoms with Crippen LogP contribution in [0.15, 0.2) is 12.1 Å². The lowest BCUT2D eigenvalue weighted by Crippen LogP contribution is -2.28. The van der Waals surface area contributed by atoms with Gasteiger partial charge in [-0.25, -0.2) is 0 Å². The normalized spacial score (nSPS) is 11.4. The average Bonchev–Trinajstić information content (AvgIpc) is 2.22. The summed E-state index contributed by atoms with van der Waals surface area (Å²) in [6.07, 6.45) is 0.772. The molecule has 0 amide bonds. The van der Waals surface area contributed by atoms with Gasteiger partial charge in [-0.05, 0) is 80.0 Å². The first-order valence-corrected chi connectivity index (χ1v) is 6.85. The van der Waals surface area contributed by atoms with Crippen LogP contribution in [-0.4, -0.2) is 5.97 Å². The fourth-order valence-corrected chi connectivity index (χ4v) is 2.37. The Labute approximate surface area is 117 Å². The molecule has 2 nitrogen and oxygen atoms in total. The van der Waals surface area contributed by atoms with Crippen LogP contribution in [0.1, 0.15) is 38.3 Å². The second kappa shape index (κ2) is 5.38. The monoisotopic (exact) mass is 346 g/mol. The summed E-state index contributed by atoms with van der Waals surface area (Å²) in [4.78, 5) is 12.0. The van der Waals surface area contributed by atoms with Gasteiger partial charge >= 0.3 is 5.97 Å². The zero-order valence-corrected chi connectivity index (χ0v) is 13.2. The molecule has 0 atom stereocenters. The van der Waals surface area contributed by atoms with Crippen molar-refractivity contribution >= 4 is 28.6 Å². The molecule has 3 heteroatoms. The first-order chi connectivity index (χ1) is 7.77. The van der Waals surface area contributed by atoms with E-state index in [1.54, 1.807) is 0 Å². The van der Waals surface area contributed by atoms with Crippen molar-refractivity contribution in [1.82, 2.24) is 0 Å². The molecular formula is C14H19IO2. The van der Waals surface area contributed by atoms with Gasteiger partial charge in [-0.15, -0.1) is 0 Å². The zero-order chi connectivity index (χ0) is 13.2. The summed E-state index contributed by atoms with van der Waals surface area (Å²) in [5, 5.41) is 0. The predicted octanol–water partition coefficient (Wildman–Crippen LogP) is 4.25. The molecule has 0 unspecified atom stereocenters. The molecule has 0 fully saturated rings. The van der Waals surface area contributed by atoms with Crippen LogP contribution in [0.5, 0.6) is 5.75 Å². The quantitative estimate of drug-likeness (QED) is 0.465. The number of esters is 1. The van der Waals surface area contributed by atoms with Crippen molar-refractivity contribution in [2.24, 2.45) is 5.41 Å². The SMILES string of the molecule is CCC(C)(C)C(=O)Oc1c(C)cc(I)cc1C. The molecule has 1 rings (SSSR count). The minimum atomic E-state index is -0.429. The van der Waals surface area contributed by atoms with Crippen molar-refractivity contribution in [2.75, 3.05) is 0 Å². The standard InChI is InChI=1S/C14H19IO2/c1-6-14(4,5)13(16)17-12-9(2)7-11(15)8-10(12)3/h7-8H,6H2,1-5H3. The molecule has 0 N–H and O–H groups in total. The summed E-state index contributed by atoms with van der Waals surface area (Å²) in [6, 6.07) is 4.05. The fourth-order valence-electron chi connectivity index (χ4n) is 1.43. The van der Waals surface area contributed by atoms with Crippen LogP contribution in [0.25, 0.3) is 0 Å². The molecule has 0 radical (unpaired) electrons. The molecule has 0 aliphatic rings. The Kier molecular flexibility index (Phi) is 4.58. The second-order valence-electron chi connectivity index (χ2n) is 5.00. The molecule has 0 aromatic heterocycles. The van der Waals surface area contributed by atoms with Gasteiger partial charge in [0.25, 0.3) is 0 Å². The number of aryl methyl sites for hydroxylation is 2. The van der Waals surface area contributed by atoms with E-state index in [1.165, 1.54) is 0 Å². The topological polar surface area (TPSA) is 26.3 Å². The van der Waals surface area contributed by atoms with Crippen LogP contribution in [0, 0.1) is 22.8 Å². The van der Waals surface area contributed by atoms with Crippen LogP contribution in [0.4, 0.5) is 0 Å². The minimum absolute atomic E-state index is 0.160. The van der Waals surface area contributed by atoms with Crippen LogP contribution in [0.2, 0.25) is 0 Å². The van der Waals surface area contributed by atoms with Gasteiger partial charge in [0.2, 0.25) is 0 Å². The number of hydrogen-bond acceptors (Lipinski definition) is 2. The Morgan fingerprint density at radius 3 is 2.18 bits per heavy atom. The van der Waals surface area contributed by atoms with E-state index in [0.717, 1.165) is 21.1 Å². The molecule has 0 spiro atoms. The van der Waals surface area contributed by atoms with E-state index >= 15 is 0 Å². The van der Waals surface area contributed by atoms with Gasteiger partial charge in [0, 0.05) is 3.57 Å². The Balaban J connectivity index is 3.01. The number of ether oxygens (including phenoxy) is 1. The molecule has 0 aliphatic heterocycles. The van der Waals surface area contributed by atoms with Gasteiger partial charge in [0.1, 0.15) is 5.75 Å². The Morgan fingerprint density at radius 2 is 1.76 bits per heavy atom. The number of halogens is 1. The van der Waals surface area contributed by atoms with Crippen molar-refractivity contribution in [3.63, 3.8) is 0 Å². The zero-order valence-electron chi connectivity index (χ0n) is 11.1. The summed E-state index contributed by atoms with van der Waals surface area (Å²) < 4.78 is 6.70. The Hall–Kier alpha value is -0.580. The Morgan fingerprint density at radius 1 is 1.29 bits per heavy atom. The van der Waals surface area contributed by atoms with Crippen molar-refractivity contribution in [2.45, 2.75) is 41.0 Å². The van der Waals surface area contributed by atoms with Gasteiger partial charge in [-0.3, -0.25) is 4.79 Å². The number of carbonyl (C=O) groups excluding carboxylic acids is 1. The number of carbonyl (C=O) groups is 1. The molecule has 0 saturated carbocycles. The highest BCUT2D eigenvalue weighted by atomic mass is 127. The maximum absolute atomic E-state index is 12.0. The van der Waals surface area contributed by atoms with Crippen LogP contribution >= 0.6 is 22.6 Å². The van der Waals surface area contributed by atoms with Crippen LogP contribution in [0.3, 0.4) is 0 Å². The van der Waals surface area contributed by atoms with Gasteiger partial charge in [-0.1, -0.05) is 6.92 Å². The van der Waals surface area contributed by atoms with Gasteiger partial charge < -0.3 is 4.74 Å². The molecule has 1 aromatic rings. The van der Waals surface area contributed by atoms with E-state index in [-0.39, 0.29) is 5.97 Å². The number of rotatable bonds is 3. The molecule has 0 aliphatic carbocycles. The number of benzene rings is 1. The van der Waals surface area contributed by atoms with Gasteiger partial charge in [0.05, 0.1) is 5.41 Å². The lowest BCUT2D eigenvalue weighted by Gasteiger charge is -2.21. The fraction of sp³-hybridized carbons (Fsp3) is 0.500. The highest BCUT2D eigenvalue weighted by Gasteiger charge is 2.28. The third kappa shape index (κ3) is 3.44. The summed E-state index contributed by atoms with van der Waals surface area (Å²) in [6.45, 7) is 9.75. The molecule has 0 saturated heterocycles. The lowest BCUT2D eigenvalue weighted by atomic mass is 9.90. The highest BCUT2D eigenvalue weighted by Crippen LogP contribution is 2.29. The first kappa shape index (κ1) is 14.5. The third-order valence-corrected chi connectivity index (χ3v) is 3.68. The lowest BCUT2D eigenvalue weighted by molar-refractivity contribution is -0.144. The molecule has 1 aromatic carbocycles. The maximum Gasteiger partial charge on any atom is 0.316 e. The smallest absolute Gasteiger partial charge is 0.316 e. The average molecular weight is 346 g/mol. The Bertz CT molecular complexity index is 413. The molecule has 94 valence electrons. The van der Waals surface area contributed by atoms with E-state index in [2.05, 4.69) is 22.6 Å². The molecule has 0 bridgehead atoms. The van der Waals surface area contributed by atoms with Crippen molar-refractivity contribution in [3.05, 3.63) is 26.8 Å². The van der Waals surface area contributed by atoms with Crippen LogP contribution < -0.4 is 4.74 Å². The summed E-state index contributed by atoms with van der Waals surface area (Å²) in [5.74, 6) is 0.546. The van der Waals surface area contributed by atoms with Crippen molar-refractivity contribution < 1.29 is 9.53 Å². The van der Waals surface area contributed by atoms with Crippen molar-refractivity contribution in [1.29, 1.82) is 0 Å². The van der Waals surface area contributed by atoms with Gasteiger partial charge in [0.15, 0.2) is 0 Å². The molecule has 17 heavy (non-hydrogen) atoms. The van der Waals surface area contributed by atoms with Crippen LogP contribution in [-0.2, 0) is 4.79 Å². The van der Waals surface area contributed by atoms with E-state index in [0.29, 0.717) is 5.75 Å². The van der Waals surface area contributed by atoms with E-state index in [9.17, 15) is 4.79 Å². The predicted molar refractivity (Wildman–Crippen MR) is 78.3 cm³/mol. The summed E-state index contributed by atoms with van der Waals surface area (Å²) in [7, 11) is 0. The number of hydrogen-bond donors (Lipinski definition) is 0. The van der Waals surface area contributed by atoms with Gasteiger partial charge in [-0.2, -0.15) is 0 Å². The maximum atomic E-state index is 12.0. The first-order valence-electron chi connectivity index (χ1n) is 5.77. The molecular weight excluding hydrogens is 327 g/mol. The largest absolute Gasteiger partial charge is 0.426 e. The van der Waals surface area contributed by atoms with E-state index in [1.807, 2.05) is 46.8 Å². The summed E-state index contributed by atoms with van der Waals surface area (Å²) in [5.41, 5.74) is 1.59. The molecule has 0 heterocycles. The van der Waals surface area contributed by atoms with E-state index in [4.69, 9.17) is 4.74 Å².